The lowest BCUT2D eigenvalue weighted by Gasteiger charge is -1.99. The number of anilines is 1. The minimum absolute atomic E-state index is 0.113. The van der Waals surface area contributed by atoms with Crippen molar-refractivity contribution in [1.82, 2.24) is 9.78 Å². The van der Waals surface area contributed by atoms with E-state index < -0.39 is 11.9 Å². The van der Waals surface area contributed by atoms with Gasteiger partial charge in [-0.25, -0.2) is 4.79 Å². The van der Waals surface area contributed by atoms with Crippen molar-refractivity contribution in [3.05, 3.63) is 95.6 Å². The average Bonchev–Trinajstić information content (AvgIpc) is 3.54. The zero-order valence-corrected chi connectivity index (χ0v) is 16.5. The summed E-state index contributed by atoms with van der Waals surface area (Å²) in [4.78, 5) is 23.9. The van der Waals surface area contributed by atoms with E-state index >= 15 is 0 Å². The molecule has 0 atom stereocenters. The molecule has 31 heavy (non-hydrogen) atoms. The van der Waals surface area contributed by atoms with Crippen LogP contribution < -0.4 is 5.32 Å². The normalized spacial score (nSPS) is 10.2. The van der Waals surface area contributed by atoms with Crippen molar-refractivity contribution < 1.29 is 23.2 Å². The van der Waals surface area contributed by atoms with Crippen molar-refractivity contribution in [2.45, 2.75) is 6.54 Å². The van der Waals surface area contributed by atoms with E-state index in [-0.39, 0.29) is 18.1 Å². The average molecular weight is 415 g/mol. The maximum atomic E-state index is 12.4. The highest BCUT2D eigenvalue weighted by molar-refractivity contribution is 6.02. The highest BCUT2D eigenvalue weighted by Crippen LogP contribution is 2.14. The van der Waals surface area contributed by atoms with E-state index in [1.54, 1.807) is 29.1 Å². The molecule has 0 bridgehead atoms. The fourth-order valence-corrected chi connectivity index (χ4v) is 2.72. The number of hydrogen-bond donors (Lipinski definition) is 1. The number of methoxy groups -OCH3 is 1. The predicted molar refractivity (Wildman–Crippen MR) is 110 cm³/mol. The molecule has 8 heteroatoms. The summed E-state index contributed by atoms with van der Waals surface area (Å²) in [7, 11) is 1.28. The number of nitrogens with one attached hydrogen (secondary N) is 1. The first kappa shape index (κ1) is 19.8. The molecule has 154 valence electrons. The van der Waals surface area contributed by atoms with Crippen LogP contribution in [0.2, 0.25) is 0 Å². The van der Waals surface area contributed by atoms with Gasteiger partial charge < -0.3 is 18.9 Å². The Bertz CT molecular complexity index is 1270. The number of furan rings is 2. The second-order valence-corrected chi connectivity index (χ2v) is 6.42. The summed E-state index contributed by atoms with van der Waals surface area (Å²) in [6.45, 7) is 0.285. The van der Waals surface area contributed by atoms with Crippen LogP contribution in [0.3, 0.4) is 0 Å². The molecule has 0 saturated heterocycles. The van der Waals surface area contributed by atoms with E-state index in [0.29, 0.717) is 17.2 Å². The van der Waals surface area contributed by atoms with Gasteiger partial charge in [-0.15, -0.1) is 0 Å². The molecule has 0 fully saturated rings. The number of amides is 1. The van der Waals surface area contributed by atoms with Gasteiger partial charge in [0.05, 0.1) is 25.5 Å². The number of esters is 1. The molecule has 0 saturated carbocycles. The van der Waals surface area contributed by atoms with Crippen LogP contribution in [0.25, 0.3) is 0 Å². The molecule has 3 aromatic heterocycles. The molecule has 0 spiro atoms. The van der Waals surface area contributed by atoms with E-state index in [1.165, 1.54) is 19.4 Å². The summed E-state index contributed by atoms with van der Waals surface area (Å²) in [6, 6.07) is 15.9. The molecule has 8 nitrogen and oxygen atoms in total. The van der Waals surface area contributed by atoms with Crippen LogP contribution in [0.4, 0.5) is 5.69 Å². The fourth-order valence-electron chi connectivity index (χ4n) is 2.72. The summed E-state index contributed by atoms with van der Waals surface area (Å²) in [5.74, 6) is 6.06. The molecule has 4 aromatic rings. The second-order valence-electron chi connectivity index (χ2n) is 6.42. The van der Waals surface area contributed by atoms with Crippen LogP contribution in [-0.4, -0.2) is 28.8 Å². The van der Waals surface area contributed by atoms with Gasteiger partial charge in [-0.05, 0) is 42.3 Å². The van der Waals surface area contributed by atoms with Crippen LogP contribution in [0, 0.1) is 11.8 Å². The first-order valence-corrected chi connectivity index (χ1v) is 9.28. The van der Waals surface area contributed by atoms with Crippen molar-refractivity contribution in [2.24, 2.45) is 0 Å². The highest BCUT2D eigenvalue weighted by Gasteiger charge is 2.14. The zero-order valence-electron chi connectivity index (χ0n) is 16.5. The molecular weight excluding hydrogens is 398 g/mol. The van der Waals surface area contributed by atoms with Gasteiger partial charge in [0.15, 0.2) is 11.5 Å². The SMILES string of the molecule is COC(=O)c1ccc(Cn2cc(NC(=O)c3ccc(C#Cc4ccccc4)o3)cn2)o1. The lowest BCUT2D eigenvalue weighted by Crippen LogP contribution is -2.10. The quantitative estimate of drug-likeness (QED) is 0.395. The molecule has 0 unspecified atom stereocenters. The number of aromatic nitrogens is 2. The minimum Gasteiger partial charge on any atom is -0.463 e. The van der Waals surface area contributed by atoms with E-state index in [2.05, 4.69) is 27.0 Å². The molecule has 0 aliphatic carbocycles. The molecule has 0 aliphatic rings. The van der Waals surface area contributed by atoms with Gasteiger partial charge in [-0.2, -0.15) is 5.10 Å². The van der Waals surface area contributed by atoms with Crippen LogP contribution in [0.5, 0.6) is 0 Å². The van der Waals surface area contributed by atoms with Crippen molar-refractivity contribution in [1.29, 1.82) is 0 Å². The summed E-state index contributed by atoms with van der Waals surface area (Å²) >= 11 is 0. The number of carbonyl (C=O) groups is 2. The van der Waals surface area contributed by atoms with Gasteiger partial charge in [-0.3, -0.25) is 9.48 Å². The summed E-state index contributed by atoms with van der Waals surface area (Å²) in [6.07, 6.45) is 3.14. The second kappa shape index (κ2) is 8.88. The molecule has 1 amide bonds. The lowest BCUT2D eigenvalue weighted by molar-refractivity contribution is 0.0562. The van der Waals surface area contributed by atoms with Crippen molar-refractivity contribution in [2.75, 3.05) is 12.4 Å². The molecule has 4 rings (SSSR count). The number of benzene rings is 1. The Morgan fingerprint density at radius 1 is 1.03 bits per heavy atom. The largest absolute Gasteiger partial charge is 0.463 e. The van der Waals surface area contributed by atoms with Crippen molar-refractivity contribution in [3.8, 4) is 11.8 Å². The van der Waals surface area contributed by atoms with Gasteiger partial charge in [-0.1, -0.05) is 24.1 Å². The standard InChI is InChI=1S/C23H17N3O5/c1-29-23(28)21-12-10-19(31-21)15-26-14-17(13-24-26)25-22(27)20-11-9-18(30-20)8-7-16-5-3-2-4-6-16/h2-6,9-14H,15H2,1H3,(H,25,27). The Morgan fingerprint density at radius 2 is 1.84 bits per heavy atom. The van der Waals surface area contributed by atoms with Gasteiger partial charge in [0.1, 0.15) is 5.76 Å². The lowest BCUT2D eigenvalue weighted by atomic mass is 10.2. The highest BCUT2D eigenvalue weighted by atomic mass is 16.5. The summed E-state index contributed by atoms with van der Waals surface area (Å²) in [5.41, 5.74) is 1.34. The number of hydrogen-bond acceptors (Lipinski definition) is 6. The maximum absolute atomic E-state index is 12.4. The molecule has 0 aliphatic heterocycles. The number of rotatable bonds is 5. The van der Waals surface area contributed by atoms with Gasteiger partial charge in [0, 0.05) is 11.8 Å². The third kappa shape index (κ3) is 4.92. The summed E-state index contributed by atoms with van der Waals surface area (Å²) < 4.78 is 17.1. The predicted octanol–water partition coefficient (Wildman–Crippen LogP) is 3.56. The van der Waals surface area contributed by atoms with E-state index in [9.17, 15) is 9.59 Å². The topological polar surface area (TPSA) is 99.5 Å². The van der Waals surface area contributed by atoms with Crippen molar-refractivity contribution in [3.63, 3.8) is 0 Å². The smallest absolute Gasteiger partial charge is 0.373 e. The van der Waals surface area contributed by atoms with Crippen LogP contribution in [-0.2, 0) is 11.3 Å². The molecule has 1 aromatic carbocycles. The molecular formula is C23H17N3O5. The zero-order chi connectivity index (χ0) is 21.6. The Morgan fingerprint density at radius 3 is 2.65 bits per heavy atom. The third-order valence-corrected chi connectivity index (χ3v) is 4.19. The Kier molecular flexibility index (Phi) is 5.67. The first-order chi connectivity index (χ1) is 15.1. The Labute approximate surface area is 177 Å². The number of carbonyl (C=O) groups excluding carboxylic acids is 2. The minimum atomic E-state index is -0.550. The molecule has 0 radical (unpaired) electrons. The van der Waals surface area contributed by atoms with E-state index in [4.69, 9.17) is 8.83 Å². The molecule has 1 N–H and O–H groups in total. The van der Waals surface area contributed by atoms with Crippen LogP contribution >= 0.6 is 0 Å². The molecule has 3 heterocycles. The number of ether oxygens (including phenoxy) is 1. The Hall–Kier alpha value is -4.51. The van der Waals surface area contributed by atoms with Gasteiger partial charge in [0.25, 0.3) is 5.91 Å². The van der Waals surface area contributed by atoms with Gasteiger partial charge >= 0.3 is 5.97 Å². The Balaban J connectivity index is 1.37. The van der Waals surface area contributed by atoms with Crippen LogP contribution in [0.15, 0.2) is 75.8 Å². The van der Waals surface area contributed by atoms with E-state index in [1.807, 2.05) is 30.3 Å². The third-order valence-electron chi connectivity index (χ3n) is 4.19. The van der Waals surface area contributed by atoms with Crippen molar-refractivity contribution >= 4 is 17.6 Å². The van der Waals surface area contributed by atoms with Crippen LogP contribution in [0.1, 0.15) is 38.2 Å². The van der Waals surface area contributed by atoms with E-state index in [0.717, 1.165) is 5.56 Å². The number of nitrogens with zero attached hydrogens (tertiary/aromatic N) is 2. The van der Waals surface area contributed by atoms with Gasteiger partial charge in [0.2, 0.25) is 5.76 Å². The monoisotopic (exact) mass is 415 g/mol. The maximum Gasteiger partial charge on any atom is 0.373 e. The fraction of sp³-hybridized carbons (Fsp3) is 0.0870. The summed E-state index contributed by atoms with van der Waals surface area (Å²) in [5, 5.41) is 6.89. The first-order valence-electron chi connectivity index (χ1n) is 9.28.